The van der Waals surface area contributed by atoms with E-state index in [1.54, 1.807) is 13.8 Å². The Hall–Kier alpha value is -0.530. The summed E-state index contributed by atoms with van der Waals surface area (Å²) in [7, 11) is 1.39. The zero-order valence-electron chi connectivity index (χ0n) is 7.60. The predicted octanol–water partition coefficient (Wildman–Crippen LogP) is 2.23. The molecule has 0 atom stereocenters. The monoisotopic (exact) mass is 146 g/mol. The quantitative estimate of drug-likeness (QED) is 0.530. The molecule has 0 saturated heterocycles. The lowest BCUT2D eigenvalue weighted by atomic mass is 10.2. The average Bonchev–Trinajstić information content (AvgIpc) is 1.88. The van der Waals surface area contributed by atoms with Gasteiger partial charge in [-0.15, -0.1) is 0 Å². The van der Waals surface area contributed by atoms with Crippen molar-refractivity contribution < 1.29 is 9.53 Å². The number of rotatable bonds is 1. The van der Waals surface area contributed by atoms with Gasteiger partial charge < -0.3 is 4.74 Å². The summed E-state index contributed by atoms with van der Waals surface area (Å²) >= 11 is 0. The van der Waals surface area contributed by atoms with Gasteiger partial charge in [0.25, 0.3) is 0 Å². The number of esters is 1. The lowest BCUT2D eigenvalue weighted by Crippen LogP contribution is -2.07. The number of methoxy groups -OCH3 is 1. The minimum absolute atomic E-state index is 0.00463. The molecule has 0 aliphatic heterocycles. The smallest absolute Gasteiger partial charge is 0.308 e. The number of ether oxygens (including phenoxy) is 1. The standard InChI is InChI=1S/C5H10O2.C3H8/c1-4(2)5(6)7-3;1-3-2/h4H,1-3H3;3H2,1-2H3. The second-order valence-corrected chi connectivity index (χ2v) is 2.38. The van der Waals surface area contributed by atoms with Crippen LogP contribution in [0.5, 0.6) is 0 Å². The molecule has 0 spiro atoms. The first-order valence-corrected chi connectivity index (χ1v) is 3.67. The van der Waals surface area contributed by atoms with E-state index in [0.29, 0.717) is 0 Å². The highest BCUT2D eigenvalue weighted by Crippen LogP contribution is 1.91. The second kappa shape index (κ2) is 8.47. The van der Waals surface area contributed by atoms with E-state index in [1.807, 2.05) is 0 Å². The molecule has 0 unspecified atom stereocenters. The van der Waals surface area contributed by atoms with Crippen LogP contribution in [0.2, 0.25) is 0 Å². The van der Waals surface area contributed by atoms with Gasteiger partial charge in [0.2, 0.25) is 0 Å². The van der Waals surface area contributed by atoms with E-state index in [1.165, 1.54) is 13.5 Å². The Morgan fingerprint density at radius 3 is 1.70 bits per heavy atom. The van der Waals surface area contributed by atoms with Crippen molar-refractivity contribution in [3.05, 3.63) is 0 Å². The molecule has 2 heteroatoms. The molecule has 0 bridgehead atoms. The van der Waals surface area contributed by atoms with Crippen LogP contribution in [0.4, 0.5) is 0 Å². The molecule has 0 heterocycles. The van der Waals surface area contributed by atoms with Crippen LogP contribution in [0.1, 0.15) is 34.1 Å². The molecule has 0 N–H and O–H groups in total. The van der Waals surface area contributed by atoms with Crippen molar-refractivity contribution >= 4 is 5.97 Å². The molecule has 0 aromatic carbocycles. The Bertz CT molecular complexity index is 77.3. The van der Waals surface area contributed by atoms with E-state index in [2.05, 4.69) is 18.6 Å². The summed E-state index contributed by atoms with van der Waals surface area (Å²) in [6, 6.07) is 0. The fraction of sp³-hybridized carbons (Fsp3) is 0.875. The molecular weight excluding hydrogens is 128 g/mol. The van der Waals surface area contributed by atoms with E-state index < -0.39 is 0 Å². The predicted molar refractivity (Wildman–Crippen MR) is 42.8 cm³/mol. The maximum atomic E-state index is 10.3. The molecule has 10 heavy (non-hydrogen) atoms. The molecule has 0 amide bonds. The van der Waals surface area contributed by atoms with Crippen LogP contribution in [-0.2, 0) is 9.53 Å². The van der Waals surface area contributed by atoms with Crippen molar-refractivity contribution in [3.63, 3.8) is 0 Å². The Balaban J connectivity index is 0. The minimum atomic E-state index is -0.153. The molecule has 0 aromatic heterocycles. The average molecular weight is 146 g/mol. The van der Waals surface area contributed by atoms with Crippen LogP contribution in [0.15, 0.2) is 0 Å². The van der Waals surface area contributed by atoms with Crippen LogP contribution in [0.3, 0.4) is 0 Å². The fourth-order valence-electron chi connectivity index (χ4n) is 0.236. The first-order chi connectivity index (χ1) is 4.59. The number of carbonyl (C=O) groups excluding carboxylic acids is 1. The Labute approximate surface area is 63.6 Å². The molecule has 0 radical (unpaired) electrons. The lowest BCUT2D eigenvalue weighted by molar-refractivity contribution is -0.144. The van der Waals surface area contributed by atoms with E-state index in [0.717, 1.165) is 0 Å². The van der Waals surface area contributed by atoms with Gasteiger partial charge in [0.05, 0.1) is 13.0 Å². The molecule has 0 fully saturated rings. The van der Waals surface area contributed by atoms with Gasteiger partial charge in [-0.25, -0.2) is 0 Å². The SMILES string of the molecule is CCC.COC(=O)C(C)C. The highest BCUT2D eigenvalue weighted by molar-refractivity contribution is 5.71. The van der Waals surface area contributed by atoms with Gasteiger partial charge in [0.15, 0.2) is 0 Å². The van der Waals surface area contributed by atoms with E-state index in [4.69, 9.17) is 0 Å². The molecular formula is C8H18O2. The second-order valence-electron chi connectivity index (χ2n) is 2.38. The largest absolute Gasteiger partial charge is 0.469 e. The van der Waals surface area contributed by atoms with Gasteiger partial charge >= 0.3 is 5.97 Å². The third-order valence-corrected chi connectivity index (χ3v) is 0.673. The van der Waals surface area contributed by atoms with Crippen molar-refractivity contribution in [3.8, 4) is 0 Å². The number of carbonyl (C=O) groups is 1. The summed E-state index contributed by atoms with van der Waals surface area (Å²) in [4.78, 5) is 10.3. The highest BCUT2D eigenvalue weighted by Gasteiger charge is 2.03. The first kappa shape index (κ1) is 12.2. The maximum absolute atomic E-state index is 10.3. The van der Waals surface area contributed by atoms with Crippen LogP contribution in [0, 0.1) is 5.92 Å². The zero-order valence-corrected chi connectivity index (χ0v) is 7.60. The van der Waals surface area contributed by atoms with Crippen molar-refractivity contribution in [1.29, 1.82) is 0 Å². The van der Waals surface area contributed by atoms with Crippen LogP contribution in [0.25, 0.3) is 0 Å². The Morgan fingerprint density at radius 2 is 1.70 bits per heavy atom. The molecule has 2 nitrogen and oxygen atoms in total. The van der Waals surface area contributed by atoms with Gasteiger partial charge in [-0.2, -0.15) is 0 Å². The van der Waals surface area contributed by atoms with Crippen molar-refractivity contribution in [2.75, 3.05) is 7.11 Å². The summed E-state index contributed by atoms with van der Waals surface area (Å²) in [5.74, 6) is -0.148. The highest BCUT2D eigenvalue weighted by atomic mass is 16.5. The summed E-state index contributed by atoms with van der Waals surface area (Å²) in [6.07, 6.45) is 1.25. The molecule has 62 valence electrons. The van der Waals surface area contributed by atoms with Crippen LogP contribution < -0.4 is 0 Å². The van der Waals surface area contributed by atoms with E-state index in [-0.39, 0.29) is 11.9 Å². The topological polar surface area (TPSA) is 26.3 Å². The summed E-state index contributed by atoms with van der Waals surface area (Å²) in [5.41, 5.74) is 0. The van der Waals surface area contributed by atoms with E-state index >= 15 is 0 Å². The number of hydrogen-bond acceptors (Lipinski definition) is 2. The zero-order chi connectivity index (χ0) is 8.57. The van der Waals surface area contributed by atoms with Gasteiger partial charge in [0.1, 0.15) is 0 Å². The van der Waals surface area contributed by atoms with Gasteiger partial charge in [0, 0.05) is 0 Å². The molecule has 0 rings (SSSR count). The minimum Gasteiger partial charge on any atom is -0.469 e. The van der Waals surface area contributed by atoms with Crippen molar-refractivity contribution in [2.45, 2.75) is 34.1 Å². The molecule has 0 saturated carbocycles. The summed E-state index contributed by atoms with van der Waals surface area (Å²) in [6.45, 7) is 7.84. The van der Waals surface area contributed by atoms with Gasteiger partial charge in [-0.1, -0.05) is 34.1 Å². The lowest BCUT2D eigenvalue weighted by Gasteiger charge is -1.97. The fourth-order valence-corrected chi connectivity index (χ4v) is 0.236. The molecule has 0 aliphatic carbocycles. The maximum Gasteiger partial charge on any atom is 0.308 e. The summed E-state index contributed by atoms with van der Waals surface area (Å²) in [5, 5.41) is 0. The van der Waals surface area contributed by atoms with Crippen LogP contribution in [-0.4, -0.2) is 13.1 Å². The number of hydrogen-bond donors (Lipinski definition) is 0. The third-order valence-electron chi connectivity index (χ3n) is 0.673. The van der Waals surface area contributed by atoms with Gasteiger partial charge in [-0.05, 0) is 0 Å². The summed E-state index contributed by atoms with van der Waals surface area (Å²) < 4.78 is 4.37. The van der Waals surface area contributed by atoms with Gasteiger partial charge in [-0.3, -0.25) is 4.79 Å². The van der Waals surface area contributed by atoms with Crippen LogP contribution >= 0.6 is 0 Å². The first-order valence-electron chi connectivity index (χ1n) is 3.67. The van der Waals surface area contributed by atoms with Crippen molar-refractivity contribution in [2.24, 2.45) is 5.92 Å². The normalized spacial score (nSPS) is 8.20. The molecule has 0 aliphatic rings. The Morgan fingerprint density at radius 1 is 1.40 bits per heavy atom. The third kappa shape index (κ3) is 10.5. The Kier molecular flexibility index (Phi) is 10.3. The van der Waals surface area contributed by atoms with Crippen molar-refractivity contribution in [1.82, 2.24) is 0 Å². The van der Waals surface area contributed by atoms with E-state index in [9.17, 15) is 4.79 Å². The molecule has 0 aromatic rings.